The second-order valence-electron chi connectivity index (χ2n) is 6.26. The minimum Gasteiger partial charge on any atom is -0.488 e. The Hall–Kier alpha value is -3.28. The summed E-state index contributed by atoms with van der Waals surface area (Å²) in [5.41, 5.74) is 1.72. The lowest BCUT2D eigenvalue weighted by Crippen LogP contribution is -2.53. The summed E-state index contributed by atoms with van der Waals surface area (Å²) in [7, 11) is 0. The zero-order valence-electron chi connectivity index (χ0n) is 15.7. The Kier molecular flexibility index (Phi) is 6.77. The number of thiocarbonyl (C=S) groups is 1. The summed E-state index contributed by atoms with van der Waals surface area (Å²) in [5.74, 6) is -0.627. The summed E-state index contributed by atoms with van der Waals surface area (Å²) in [4.78, 5) is 26.4. The number of amides is 2. The molecule has 0 radical (unpaired) electrons. The lowest BCUT2D eigenvalue weighted by molar-refractivity contribution is -0.128. The van der Waals surface area contributed by atoms with E-state index in [2.05, 4.69) is 33.9 Å². The van der Waals surface area contributed by atoms with Gasteiger partial charge in [-0.1, -0.05) is 40.2 Å². The van der Waals surface area contributed by atoms with E-state index in [1.165, 1.54) is 17.1 Å². The molecule has 1 heterocycles. The number of benzene rings is 2. The van der Waals surface area contributed by atoms with E-state index >= 15 is 0 Å². The van der Waals surface area contributed by atoms with Crippen molar-refractivity contribution in [3.8, 4) is 11.8 Å². The summed E-state index contributed by atoms with van der Waals surface area (Å²) in [6.45, 7) is 3.95. The molecule has 0 unspecified atom stereocenters. The van der Waals surface area contributed by atoms with E-state index in [1.807, 2.05) is 12.1 Å². The van der Waals surface area contributed by atoms with Gasteiger partial charge in [0.15, 0.2) is 5.11 Å². The van der Waals surface area contributed by atoms with Gasteiger partial charge in [-0.05, 0) is 42.6 Å². The highest BCUT2D eigenvalue weighted by molar-refractivity contribution is 9.10. The van der Waals surface area contributed by atoms with Crippen molar-refractivity contribution < 1.29 is 14.3 Å². The zero-order valence-corrected chi connectivity index (χ0v) is 18.1. The van der Waals surface area contributed by atoms with Gasteiger partial charge in [0.25, 0.3) is 11.8 Å². The Morgan fingerprint density at radius 2 is 2.03 bits per heavy atom. The quantitative estimate of drug-likeness (QED) is 0.294. The average molecular weight is 482 g/mol. The molecular weight excluding hydrogens is 466 g/mol. The summed E-state index contributed by atoms with van der Waals surface area (Å²) in [6, 6.07) is 14.5. The average Bonchev–Trinajstić information content (AvgIpc) is 2.73. The Bertz CT molecular complexity index is 1120. The fourth-order valence-corrected chi connectivity index (χ4v) is 3.45. The van der Waals surface area contributed by atoms with Crippen molar-refractivity contribution in [1.82, 2.24) is 10.2 Å². The molecule has 8 heteroatoms. The monoisotopic (exact) mass is 481 g/mol. The van der Waals surface area contributed by atoms with E-state index < -0.39 is 11.8 Å². The fraction of sp³-hybridized carbons (Fsp3) is 0.0909. The highest BCUT2D eigenvalue weighted by Crippen LogP contribution is 2.28. The number of carbonyl (C=O) groups excluding carboxylic acids is 2. The van der Waals surface area contributed by atoms with Gasteiger partial charge >= 0.3 is 0 Å². The lowest BCUT2D eigenvalue weighted by Gasteiger charge is -2.27. The summed E-state index contributed by atoms with van der Waals surface area (Å²) in [6.07, 6.45) is 2.99. The van der Waals surface area contributed by atoms with Crippen LogP contribution in [-0.2, 0) is 16.2 Å². The molecule has 0 spiro atoms. The lowest BCUT2D eigenvalue weighted by atomic mass is 10.1. The molecule has 6 nitrogen and oxygen atoms in total. The second kappa shape index (κ2) is 9.48. The number of ether oxygens (including phenoxy) is 1. The van der Waals surface area contributed by atoms with Crippen LogP contribution in [-0.4, -0.2) is 28.4 Å². The summed E-state index contributed by atoms with van der Waals surface area (Å²) < 4.78 is 6.66. The van der Waals surface area contributed by atoms with Crippen LogP contribution in [0.2, 0.25) is 0 Å². The van der Waals surface area contributed by atoms with Gasteiger partial charge < -0.3 is 4.74 Å². The van der Waals surface area contributed by atoms with Gasteiger partial charge in [-0.2, -0.15) is 5.26 Å². The molecule has 1 N–H and O–H groups in total. The van der Waals surface area contributed by atoms with Crippen LogP contribution in [0.25, 0.3) is 6.08 Å². The molecule has 0 aliphatic carbocycles. The number of halogens is 1. The molecule has 1 aliphatic heterocycles. The molecule has 3 rings (SSSR count). The van der Waals surface area contributed by atoms with E-state index in [-0.39, 0.29) is 23.8 Å². The first-order valence-electron chi connectivity index (χ1n) is 8.84. The van der Waals surface area contributed by atoms with Gasteiger partial charge in [-0.15, -0.1) is 6.58 Å². The van der Waals surface area contributed by atoms with Crippen LogP contribution < -0.4 is 10.1 Å². The molecule has 0 aromatic heterocycles. The van der Waals surface area contributed by atoms with Crippen molar-refractivity contribution in [2.75, 3.05) is 6.54 Å². The van der Waals surface area contributed by atoms with Crippen molar-refractivity contribution in [3.63, 3.8) is 0 Å². The van der Waals surface area contributed by atoms with Crippen molar-refractivity contribution in [1.29, 1.82) is 5.26 Å². The third-order valence-corrected chi connectivity index (χ3v) is 5.11. The number of hydrogen-bond donors (Lipinski definition) is 1. The minimum atomic E-state index is -0.578. The molecule has 2 aromatic carbocycles. The predicted molar refractivity (Wildman–Crippen MR) is 120 cm³/mol. The van der Waals surface area contributed by atoms with E-state index in [0.29, 0.717) is 16.9 Å². The van der Waals surface area contributed by atoms with Crippen molar-refractivity contribution in [2.24, 2.45) is 0 Å². The normalized spacial score (nSPS) is 15.0. The first kappa shape index (κ1) is 21.4. The van der Waals surface area contributed by atoms with Gasteiger partial charge in [0.1, 0.15) is 17.9 Å². The van der Waals surface area contributed by atoms with Gasteiger partial charge in [-0.25, -0.2) is 0 Å². The Morgan fingerprint density at radius 1 is 1.27 bits per heavy atom. The number of rotatable bonds is 6. The molecule has 2 aromatic rings. The molecule has 1 saturated heterocycles. The van der Waals surface area contributed by atoms with Crippen LogP contribution in [0.5, 0.6) is 5.75 Å². The molecule has 0 atom stereocenters. The first-order valence-corrected chi connectivity index (χ1v) is 10.0. The van der Waals surface area contributed by atoms with Crippen molar-refractivity contribution in [2.45, 2.75) is 6.61 Å². The molecule has 2 amide bonds. The second-order valence-corrected chi connectivity index (χ2v) is 7.56. The minimum absolute atomic E-state index is 0.0425. The third-order valence-electron chi connectivity index (χ3n) is 4.29. The predicted octanol–water partition coefficient (Wildman–Crippen LogP) is 3.71. The highest BCUT2D eigenvalue weighted by atomic mass is 79.9. The maximum absolute atomic E-state index is 12.8. The maximum Gasteiger partial charge on any atom is 0.265 e. The molecular formula is C22H16BrN3O3S. The van der Waals surface area contributed by atoms with Crippen LogP contribution in [0, 0.1) is 11.3 Å². The number of hydrogen-bond acceptors (Lipinski definition) is 5. The van der Waals surface area contributed by atoms with E-state index in [0.717, 1.165) is 10.0 Å². The largest absolute Gasteiger partial charge is 0.488 e. The van der Waals surface area contributed by atoms with Crippen LogP contribution in [0.3, 0.4) is 0 Å². The number of carbonyl (C=O) groups is 2. The van der Waals surface area contributed by atoms with Crippen LogP contribution in [0.15, 0.2) is 65.2 Å². The fourth-order valence-electron chi connectivity index (χ4n) is 2.82. The number of nitriles is 1. The van der Waals surface area contributed by atoms with Gasteiger partial charge in [0.05, 0.1) is 11.6 Å². The Balaban J connectivity index is 1.94. The van der Waals surface area contributed by atoms with E-state index in [9.17, 15) is 14.9 Å². The van der Waals surface area contributed by atoms with Crippen molar-refractivity contribution in [3.05, 3.63) is 81.9 Å². The molecule has 0 saturated carbocycles. The molecule has 1 fully saturated rings. The van der Waals surface area contributed by atoms with Gasteiger partial charge in [-0.3, -0.25) is 19.8 Å². The smallest absolute Gasteiger partial charge is 0.265 e. The van der Waals surface area contributed by atoms with Crippen LogP contribution in [0.1, 0.15) is 16.7 Å². The van der Waals surface area contributed by atoms with Gasteiger partial charge in [0, 0.05) is 22.1 Å². The zero-order chi connectivity index (χ0) is 21.7. The molecule has 1 aliphatic rings. The number of nitrogens with one attached hydrogen (secondary N) is 1. The van der Waals surface area contributed by atoms with Crippen LogP contribution in [0.4, 0.5) is 0 Å². The van der Waals surface area contributed by atoms with E-state index in [4.69, 9.17) is 17.0 Å². The molecule has 0 bridgehead atoms. The third kappa shape index (κ3) is 4.64. The summed E-state index contributed by atoms with van der Waals surface area (Å²) in [5, 5.41) is 11.8. The summed E-state index contributed by atoms with van der Waals surface area (Å²) >= 11 is 8.47. The van der Waals surface area contributed by atoms with Crippen molar-refractivity contribution >= 4 is 51.2 Å². The SMILES string of the molecule is C=CCN1C(=O)/C(=C/c2cc(Br)ccc2OCc2ccccc2C#N)C(=O)NC1=S. The number of nitrogens with zero attached hydrogens (tertiary/aromatic N) is 2. The van der Waals surface area contributed by atoms with Gasteiger partial charge in [0.2, 0.25) is 0 Å². The van der Waals surface area contributed by atoms with E-state index in [1.54, 1.807) is 30.3 Å². The Labute approximate surface area is 187 Å². The standard InChI is InChI=1S/C22H16BrN3O3S/c1-2-9-26-21(28)18(20(27)25-22(26)30)11-16-10-17(23)7-8-19(16)29-13-15-6-4-3-5-14(15)12-24/h2-8,10-11H,1,9,13H2,(H,25,27,30)/b18-11+. The molecule has 150 valence electrons. The molecule has 30 heavy (non-hydrogen) atoms. The maximum atomic E-state index is 12.8. The highest BCUT2D eigenvalue weighted by Gasteiger charge is 2.32. The topological polar surface area (TPSA) is 82.4 Å². The van der Waals surface area contributed by atoms with Crippen LogP contribution >= 0.6 is 28.1 Å². The first-order chi connectivity index (χ1) is 14.4. The Morgan fingerprint density at radius 3 is 2.77 bits per heavy atom.